The smallest absolute Gasteiger partial charge is 0.122 e. The van der Waals surface area contributed by atoms with Gasteiger partial charge in [-0.2, -0.15) is 0 Å². The molecule has 1 unspecified atom stereocenters. The lowest BCUT2D eigenvalue weighted by molar-refractivity contribution is 0.179. The van der Waals surface area contributed by atoms with Crippen molar-refractivity contribution >= 4 is 15.9 Å². The van der Waals surface area contributed by atoms with Crippen LogP contribution >= 0.6 is 15.9 Å². The summed E-state index contributed by atoms with van der Waals surface area (Å²) in [4.78, 5) is 0. The van der Waals surface area contributed by atoms with E-state index in [9.17, 15) is 5.11 Å². The Morgan fingerprint density at radius 3 is 2.61 bits per heavy atom. The van der Waals surface area contributed by atoms with Gasteiger partial charge in [-0.3, -0.25) is 0 Å². The molecule has 1 aliphatic carbocycles. The third kappa shape index (κ3) is 3.05. The van der Waals surface area contributed by atoms with Crippen LogP contribution < -0.4 is 10.5 Å². The van der Waals surface area contributed by atoms with Crippen LogP contribution in [-0.4, -0.2) is 24.4 Å². The van der Waals surface area contributed by atoms with E-state index in [0.29, 0.717) is 6.42 Å². The Hall–Kier alpha value is -0.580. The minimum Gasteiger partial charge on any atom is -0.496 e. The summed E-state index contributed by atoms with van der Waals surface area (Å²) in [6.45, 7) is 4.02. The van der Waals surface area contributed by atoms with Crippen molar-refractivity contribution in [3.63, 3.8) is 0 Å². The van der Waals surface area contributed by atoms with Gasteiger partial charge in [0.2, 0.25) is 0 Å². The lowest BCUT2D eigenvalue weighted by Crippen LogP contribution is -2.48. The van der Waals surface area contributed by atoms with Crippen LogP contribution in [-0.2, 0) is 12.8 Å². The van der Waals surface area contributed by atoms with Crippen molar-refractivity contribution in [3.05, 3.63) is 27.7 Å². The number of aliphatic hydroxyl groups excluding tert-OH is 1. The average molecular weight is 316 g/mol. The van der Waals surface area contributed by atoms with E-state index in [4.69, 9.17) is 10.5 Å². The van der Waals surface area contributed by atoms with E-state index in [0.717, 1.165) is 28.6 Å². The molecule has 1 atom stereocenters. The number of benzene rings is 1. The van der Waals surface area contributed by atoms with Crippen LogP contribution in [0.3, 0.4) is 0 Å². The molecule has 4 heteroatoms. The third-order valence-corrected chi connectivity index (χ3v) is 4.01. The highest BCUT2D eigenvalue weighted by Crippen LogP contribution is 2.37. The van der Waals surface area contributed by atoms with Gasteiger partial charge in [-0.05, 0) is 37.0 Å². The molecule has 18 heavy (non-hydrogen) atoms. The zero-order valence-electron chi connectivity index (χ0n) is 11.3. The van der Waals surface area contributed by atoms with Crippen LogP contribution in [0.2, 0.25) is 0 Å². The number of hydrogen-bond donors (Lipinski definition) is 2. The fraction of sp³-hybridized carbons (Fsp3) is 0.571. The SMILES string of the molecule is CC.COc1ccc(Br)c2c1CC(N)(CO)CC2. The van der Waals surface area contributed by atoms with Gasteiger partial charge in [0.05, 0.1) is 13.7 Å². The zero-order chi connectivity index (χ0) is 13.8. The average Bonchev–Trinajstić information content (AvgIpc) is 2.41. The molecule has 0 bridgehead atoms. The first-order chi connectivity index (χ1) is 8.59. The number of aliphatic hydroxyl groups is 1. The molecule has 102 valence electrons. The van der Waals surface area contributed by atoms with Crippen molar-refractivity contribution < 1.29 is 9.84 Å². The summed E-state index contributed by atoms with van der Waals surface area (Å²) < 4.78 is 6.45. The van der Waals surface area contributed by atoms with Gasteiger partial charge < -0.3 is 15.6 Å². The highest BCUT2D eigenvalue weighted by atomic mass is 79.9. The molecule has 0 saturated carbocycles. The van der Waals surface area contributed by atoms with E-state index in [1.165, 1.54) is 5.56 Å². The lowest BCUT2D eigenvalue weighted by Gasteiger charge is -2.34. The van der Waals surface area contributed by atoms with Gasteiger partial charge in [0, 0.05) is 15.6 Å². The van der Waals surface area contributed by atoms with Gasteiger partial charge in [0.15, 0.2) is 0 Å². The van der Waals surface area contributed by atoms with Gasteiger partial charge in [0.25, 0.3) is 0 Å². The first-order valence-corrected chi connectivity index (χ1v) is 7.13. The molecule has 3 nitrogen and oxygen atoms in total. The minimum atomic E-state index is -0.499. The molecular weight excluding hydrogens is 294 g/mol. The second-order valence-electron chi connectivity index (χ2n) is 4.40. The van der Waals surface area contributed by atoms with E-state index in [-0.39, 0.29) is 6.61 Å². The predicted molar refractivity (Wildman–Crippen MR) is 78.1 cm³/mol. The predicted octanol–water partition coefficient (Wildman–Crippen LogP) is 2.66. The molecule has 1 aromatic carbocycles. The fourth-order valence-electron chi connectivity index (χ4n) is 2.25. The van der Waals surface area contributed by atoms with Crippen LogP contribution in [0, 0.1) is 0 Å². The highest BCUT2D eigenvalue weighted by molar-refractivity contribution is 9.10. The molecule has 0 aromatic heterocycles. The van der Waals surface area contributed by atoms with Crippen molar-refractivity contribution in [3.8, 4) is 5.75 Å². The highest BCUT2D eigenvalue weighted by Gasteiger charge is 2.32. The minimum absolute atomic E-state index is 0.0160. The Kier molecular flexibility index (Phi) is 5.63. The van der Waals surface area contributed by atoms with Crippen molar-refractivity contribution in [1.82, 2.24) is 0 Å². The largest absolute Gasteiger partial charge is 0.496 e. The quantitative estimate of drug-likeness (QED) is 0.882. The monoisotopic (exact) mass is 315 g/mol. The maximum Gasteiger partial charge on any atom is 0.122 e. The molecule has 0 saturated heterocycles. The number of halogens is 1. The molecule has 0 heterocycles. The van der Waals surface area contributed by atoms with Crippen LogP contribution in [0.25, 0.3) is 0 Å². The summed E-state index contributed by atoms with van der Waals surface area (Å²) in [6, 6.07) is 3.94. The molecule has 2 rings (SSSR count). The summed E-state index contributed by atoms with van der Waals surface area (Å²) in [7, 11) is 1.66. The maximum atomic E-state index is 9.33. The number of ether oxygens (including phenoxy) is 1. The fourth-order valence-corrected chi connectivity index (χ4v) is 2.82. The third-order valence-electron chi connectivity index (χ3n) is 3.27. The first kappa shape index (κ1) is 15.5. The van der Waals surface area contributed by atoms with Crippen LogP contribution in [0.4, 0.5) is 0 Å². The first-order valence-electron chi connectivity index (χ1n) is 6.33. The van der Waals surface area contributed by atoms with E-state index >= 15 is 0 Å². The Balaban J connectivity index is 0.000000771. The van der Waals surface area contributed by atoms with Gasteiger partial charge >= 0.3 is 0 Å². The molecule has 1 aromatic rings. The zero-order valence-corrected chi connectivity index (χ0v) is 12.9. The van der Waals surface area contributed by atoms with E-state index in [2.05, 4.69) is 15.9 Å². The van der Waals surface area contributed by atoms with Crippen LogP contribution in [0.1, 0.15) is 31.4 Å². The van der Waals surface area contributed by atoms with Gasteiger partial charge in [0.1, 0.15) is 5.75 Å². The van der Waals surface area contributed by atoms with Gasteiger partial charge in [-0.25, -0.2) is 0 Å². The number of methoxy groups -OCH3 is 1. The lowest BCUT2D eigenvalue weighted by atomic mass is 9.79. The van der Waals surface area contributed by atoms with Gasteiger partial charge in [-0.1, -0.05) is 29.8 Å². The number of rotatable bonds is 2. The summed E-state index contributed by atoms with van der Waals surface area (Å²) in [5, 5.41) is 9.33. The van der Waals surface area contributed by atoms with Crippen molar-refractivity contribution in [2.24, 2.45) is 5.73 Å². The molecule has 0 fully saturated rings. The molecule has 3 N–H and O–H groups in total. The van der Waals surface area contributed by atoms with Crippen molar-refractivity contribution in [2.75, 3.05) is 13.7 Å². The maximum absolute atomic E-state index is 9.33. The van der Waals surface area contributed by atoms with Crippen LogP contribution in [0.15, 0.2) is 16.6 Å². The number of fused-ring (bicyclic) bond motifs is 1. The Morgan fingerprint density at radius 2 is 2.06 bits per heavy atom. The normalized spacial score (nSPS) is 21.7. The molecule has 0 spiro atoms. The summed E-state index contributed by atoms with van der Waals surface area (Å²) in [6.07, 6.45) is 2.36. The van der Waals surface area contributed by atoms with Crippen LogP contribution in [0.5, 0.6) is 5.75 Å². The molecule has 0 amide bonds. The Bertz CT molecular complexity index is 409. The second kappa shape index (κ2) is 6.55. The Labute approximate surface area is 117 Å². The number of nitrogens with two attached hydrogens (primary N) is 1. The van der Waals surface area contributed by atoms with E-state index < -0.39 is 5.54 Å². The molecule has 0 aliphatic heterocycles. The van der Waals surface area contributed by atoms with Crippen molar-refractivity contribution in [2.45, 2.75) is 38.6 Å². The molecule has 0 radical (unpaired) electrons. The van der Waals surface area contributed by atoms with Crippen molar-refractivity contribution in [1.29, 1.82) is 0 Å². The topological polar surface area (TPSA) is 55.5 Å². The van der Waals surface area contributed by atoms with Gasteiger partial charge in [-0.15, -0.1) is 0 Å². The molecular formula is C14H22BrNO2. The Morgan fingerprint density at radius 1 is 1.39 bits per heavy atom. The molecule has 1 aliphatic rings. The summed E-state index contributed by atoms with van der Waals surface area (Å²) >= 11 is 3.55. The van der Waals surface area contributed by atoms with E-state index in [1.807, 2.05) is 26.0 Å². The summed E-state index contributed by atoms with van der Waals surface area (Å²) in [5.74, 6) is 0.862. The number of hydrogen-bond acceptors (Lipinski definition) is 3. The standard InChI is InChI=1S/C12H16BrNO2.C2H6/c1-16-11-3-2-10(13)8-4-5-12(14,7-15)6-9(8)11;1-2/h2-3,15H,4-7,14H2,1H3;1-2H3. The summed E-state index contributed by atoms with van der Waals surface area (Å²) in [5.41, 5.74) is 8.01. The van der Waals surface area contributed by atoms with E-state index in [1.54, 1.807) is 7.11 Å². The second-order valence-corrected chi connectivity index (χ2v) is 5.26.